The van der Waals surface area contributed by atoms with E-state index in [1.54, 1.807) is 24.3 Å². The molecule has 0 saturated heterocycles. The third kappa shape index (κ3) is 5.18. The van der Waals surface area contributed by atoms with Gasteiger partial charge < -0.3 is 5.73 Å². The Labute approximate surface area is 83.4 Å². The Bertz CT molecular complexity index is 223. The van der Waals surface area contributed by atoms with Crippen molar-refractivity contribution < 1.29 is 4.79 Å². The Hall–Kier alpha value is -0.511. The van der Waals surface area contributed by atoms with Crippen molar-refractivity contribution in [2.45, 2.75) is 9.88 Å². The van der Waals surface area contributed by atoms with E-state index >= 15 is 0 Å². The molecule has 0 heterocycles. The summed E-state index contributed by atoms with van der Waals surface area (Å²) in [5.74, 6) is -0.379. The second-order valence-electron chi connectivity index (χ2n) is 2.23. The number of amides is 1. The topological polar surface area (TPSA) is 43.1 Å². The number of rotatable bonds is 1. The monoisotopic (exact) mass is 271 g/mol. The molecule has 12 heavy (non-hydrogen) atoms. The zero-order valence-corrected chi connectivity index (χ0v) is 10.2. The molecule has 2 radical (unpaired) electrons. The van der Waals surface area contributed by atoms with Crippen molar-refractivity contribution in [2.75, 3.05) is 0 Å². The molecule has 0 fully saturated rings. The molecule has 64 valence electrons. The van der Waals surface area contributed by atoms with E-state index in [1.807, 2.05) is 6.07 Å². The van der Waals surface area contributed by atoms with Crippen molar-refractivity contribution >= 4 is 27.0 Å². The summed E-state index contributed by atoms with van der Waals surface area (Å²) < 4.78 is 0. The first kappa shape index (κ1) is 11.5. The SMILES string of the molecule is NC(=O)c1ccccc1.[CH3][Sn][CH3]. The van der Waals surface area contributed by atoms with Crippen molar-refractivity contribution in [1.29, 1.82) is 0 Å². The Morgan fingerprint density at radius 2 is 1.67 bits per heavy atom. The maximum atomic E-state index is 10.4. The summed E-state index contributed by atoms with van der Waals surface area (Å²) in [4.78, 5) is 15.0. The summed E-state index contributed by atoms with van der Waals surface area (Å²) in [6.45, 7) is 0. The fourth-order valence-corrected chi connectivity index (χ4v) is 0.602. The third-order valence-corrected chi connectivity index (χ3v) is 1.06. The van der Waals surface area contributed by atoms with Crippen molar-refractivity contribution in [3.05, 3.63) is 35.9 Å². The van der Waals surface area contributed by atoms with Crippen LogP contribution in [0.4, 0.5) is 0 Å². The van der Waals surface area contributed by atoms with Crippen LogP contribution in [0.1, 0.15) is 10.4 Å². The molecule has 0 saturated carbocycles. The number of hydrogen-bond donors (Lipinski definition) is 1. The van der Waals surface area contributed by atoms with E-state index in [4.69, 9.17) is 5.73 Å². The van der Waals surface area contributed by atoms with Crippen LogP contribution in [0, 0.1) is 0 Å². The molecule has 2 N–H and O–H groups in total. The number of carbonyl (C=O) groups excluding carboxylic acids is 1. The van der Waals surface area contributed by atoms with E-state index in [-0.39, 0.29) is 27.0 Å². The second kappa shape index (κ2) is 7.15. The van der Waals surface area contributed by atoms with Gasteiger partial charge in [-0.15, -0.1) is 0 Å². The van der Waals surface area contributed by atoms with E-state index < -0.39 is 0 Å². The van der Waals surface area contributed by atoms with Crippen molar-refractivity contribution in [3.63, 3.8) is 0 Å². The molecule has 0 aromatic heterocycles. The van der Waals surface area contributed by atoms with Crippen LogP contribution in [0.15, 0.2) is 30.3 Å². The molecule has 0 unspecified atom stereocenters. The third-order valence-electron chi connectivity index (χ3n) is 1.06. The summed E-state index contributed by atoms with van der Waals surface area (Å²) in [5, 5.41) is 0. The van der Waals surface area contributed by atoms with Gasteiger partial charge in [0.15, 0.2) is 0 Å². The van der Waals surface area contributed by atoms with Gasteiger partial charge in [0.25, 0.3) is 0 Å². The molecular formula is C9H13NOSn. The van der Waals surface area contributed by atoms with E-state index in [0.717, 1.165) is 0 Å². The summed E-state index contributed by atoms with van der Waals surface area (Å²) >= 11 is 0.230. The number of hydrogen-bond acceptors (Lipinski definition) is 1. The average molecular weight is 270 g/mol. The minimum atomic E-state index is -0.379. The van der Waals surface area contributed by atoms with Gasteiger partial charge >= 0.3 is 31.0 Å². The molecule has 0 atom stereocenters. The molecule has 0 aliphatic rings. The van der Waals surface area contributed by atoms with Crippen LogP contribution < -0.4 is 5.73 Å². The van der Waals surface area contributed by atoms with E-state index in [0.29, 0.717) is 5.56 Å². The molecule has 0 aliphatic heterocycles. The Morgan fingerprint density at radius 3 is 1.92 bits per heavy atom. The first-order valence-electron chi connectivity index (χ1n) is 3.65. The number of carbonyl (C=O) groups is 1. The van der Waals surface area contributed by atoms with E-state index in [1.165, 1.54) is 0 Å². The maximum absolute atomic E-state index is 10.4. The standard InChI is InChI=1S/C7H7NO.2CH3.Sn/c8-7(9)6-4-2-1-3-5-6;;;/h1-5H,(H2,8,9);2*1H3;. The minimum absolute atomic E-state index is 0.230. The summed E-state index contributed by atoms with van der Waals surface area (Å²) in [6.07, 6.45) is 0. The van der Waals surface area contributed by atoms with Gasteiger partial charge in [0.1, 0.15) is 0 Å². The Balaban J connectivity index is 0.000000354. The van der Waals surface area contributed by atoms with Crippen molar-refractivity contribution in [3.8, 4) is 0 Å². The molecule has 1 aromatic rings. The van der Waals surface area contributed by atoms with Crippen LogP contribution in [-0.4, -0.2) is 27.0 Å². The summed E-state index contributed by atoms with van der Waals surface area (Å²) in [7, 11) is 0. The van der Waals surface area contributed by atoms with Crippen molar-refractivity contribution in [2.24, 2.45) is 5.73 Å². The summed E-state index contributed by atoms with van der Waals surface area (Å²) in [6, 6.07) is 8.76. The molecule has 1 amide bonds. The first-order valence-corrected chi connectivity index (χ1v) is 9.36. The molecule has 0 bridgehead atoms. The van der Waals surface area contributed by atoms with E-state index in [9.17, 15) is 4.79 Å². The number of primary amides is 1. The fraction of sp³-hybridized carbons (Fsp3) is 0.222. The van der Waals surface area contributed by atoms with Crippen LogP contribution in [0.3, 0.4) is 0 Å². The van der Waals surface area contributed by atoms with Gasteiger partial charge in [0, 0.05) is 5.56 Å². The quantitative estimate of drug-likeness (QED) is 0.773. The van der Waals surface area contributed by atoms with Gasteiger partial charge in [-0.25, -0.2) is 0 Å². The second-order valence-corrected chi connectivity index (χ2v) is 5.08. The van der Waals surface area contributed by atoms with Gasteiger partial charge in [-0.1, -0.05) is 18.2 Å². The zero-order chi connectivity index (χ0) is 9.40. The molecule has 1 aromatic carbocycles. The Morgan fingerprint density at radius 1 is 1.25 bits per heavy atom. The first-order chi connectivity index (χ1) is 5.72. The van der Waals surface area contributed by atoms with Gasteiger partial charge in [0.2, 0.25) is 5.91 Å². The van der Waals surface area contributed by atoms with Crippen molar-refractivity contribution in [1.82, 2.24) is 0 Å². The normalized spacial score (nSPS) is 8.17. The van der Waals surface area contributed by atoms with Gasteiger partial charge in [-0.3, -0.25) is 4.79 Å². The fourth-order valence-electron chi connectivity index (χ4n) is 0.602. The number of benzene rings is 1. The molecule has 0 spiro atoms. The van der Waals surface area contributed by atoms with Crippen LogP contribution >= 0.6 is 0 Å². The van der Waals surface area contributed by atoms with Crippen LogP contribution in [-0.2, 0) is 0 Å². The van der Waals surface area contributed by atoms with Gasteiger partial charge in [0.05, 0.1) is 0 Å². The van der Waals surface area contributed by atoms with E-state index in [2.05, 4.69) is 9.88 Å². The van der Waals surface area contributed by atoms with Gasteiger partial charge in [-0.05, 0) is 12.1 Å². The molecular weight excluding hydrogens is 257 g/mol. The van der Waals surface area contributed by atoms with Crippen LogP contribution in [0.25, 0.3) is 0 Å². The Kier molecular flexibility index (Phi) is 6.85. The predicted octanol–water partition coefficient (Wildman–Crippen LogP) is 1.57. The number of nitrogens with two attached hydrogens (primary N) is 1. The van der Waals surface area contributed by atoms with Gasteiger partial charge in [-0.2, -0.15) is 0 Å². The predicted molar refractivity (Wildman–Crippen MR) is 52.4 cm³/mol. The molecule has 1 rings (SSSR count). The van der Waals surface area contributed by atoms with Crippen LogP contribution in [0.5, 0.6) is 0 Å². The van der Waals surface area contributed by atoms with Crippen LogP contribution in [0.2, 0.25) is 9.88 Å². The zero-order valence-electron chi connectivity index (χ0n) is 7.37. The molecule has 3 heteroatoms. The average Bonchev–Trinajstić information content (AvgIpc) is 2.07. The summed E-state index contributed by atoms with van der Waals surface area (Å²) in [5.41, 5.74) is 5.53. The molecule has 2 nitrogen and oxygen atoms in total. The molecule has 0 aliphatic carbocycles.